The summed E-state index contributed by atoms with van der Waals surface area (Å²) in [6.07, 6.45) is 1.04. The minimum atomic E-state index is 0. The van der Waals surface area contributed by atoms with Gasteiger partial charge >= 0.3 is 51.4 Å². The van der Waals surface area contributed by atoms with Crippen molar-refractivity contribution in [2.75, 3.05) is 13.7 Å². The summed E-state index contributed by atoms with van der Waals surface area (Å²) in [5.41, 5.74) is 0. The van der Waals surface area contributed by atoms with Crippen molar-refractivity contribution in [3.63, 3.8) is 0 Å². The first-order chi connectivity index (χ1) is 3.27. The zero-order valence-corrected chi connectivity index (χ0v) is 10.1. The van der Waals surface area contributed by atoms with Crippen LogP contribution in [-0.4, -0.2) is 18.7 Å². The Kier molecular flexibility index (Phi) is 23.0. The molecular formula is C6H15KNO-. The van der Waals surface area contributed by atoms with E-state index >= 15 is 0 Å². The fourth-order valence-electron chi connectivity index (χ4n) is 0.247. The molecule has 0 aromatic heterocycles. The Morgan fingerprint density at radius 1 is 1.56 bits per heavy atom. The molecule has 2 nitrogen and oxygen atoms in total. The summed E-state index contributed by atoms with van der Waals surface area (Å²) < 4.78 is 0. The fourth-order valence-corrected chi connectivity index (χ4v) is 0.247. The van der Waals surface area contributed by atoms with Crippen molar-refractivity contribution >= 4 is 0 Å². The SMILES string of the molecule is [CH2-]N(C)OCCC.[CH3-].[K+]. The predicted octanol–water partition coefficient (Wildman–Crippen LogP) is -1.49. The van der Waals surface area contributed by atoms with Crippen molar-refractivity contribution in [2.45, 2.75) is 13.3 Å². The molecule has 0 saturated carbocycles. The Balaban J connectivity index is -0.000000180. The van der Waals surface area contributed by atoms with Gasteiger partial charge in [-0.2, -0.15) is 0 Å². The third-order valence-electron chi connectivity index (χ3n) is 0.516. The Hall–Kier alpha value is 1.56. The molecule has 0 spiro atoms. The van der Waals surface area contributed by atoms with Gasteiger partial charge in [0, 0.05) is 0 Å². The van der Waals surface area contributed by atoms with Crippen LogP contribution in [0.2, 0.25) is 0 Å². The van der Waals surface area contributed by atoms with E-state index in [2.05, 4.69) is 14.0 Å². The van der Waals surface area contributed by atoms with E-state index in [1.54, 1.807) is 7.05 Å². The van der Waals surface area contributed by atoms with Gasteiger partial charge in [-0.15, -0.1) is 0 Å². The van der Waals surface area contributed by atoms with Crippen LogP contribution in [0.4, 0.5) is 0 Å². The summed E-state index contributed by atoms with van der Waals surface area (Å²) in [4.78, 5) is 4.91. The van der Waals surface area contributed by atoms with Crippen molar-refractivity contribution in [3.8, 4) is 0 Å². The van der Waals surface area contributed by atoms with E-state index < -0.39 is 0 Å². The van der Waals surface area contributed by atoms with Crippen LogP contribution in [0, 0.1) is 14.5 Å². The predicted molar refractivity (Wildman–Crippen MR) is 35.8 cm³/mol. The maximum absolute atomic E-state index is 4.91. The summed E-state index contributed by atoms with van der Waals surface area (Å²) in [6.45, 7) is 2.82. The van der Waals surface area contributed by atoms with Crippen molar-refractivity contribution in [2.24, 2.45) is 0 Å². The van der Waals surface area contributed by atoms with Crippen LogP contribution in [0.3, 0.4) is 0 Å². The van der Waals surface area contributed by atoms with Crippen LogP contribution in [0.15, 0.2) is 0 Å². The molecule has 0 bridgehead atoms. The van der Waals surface area contributed by atoms with Crippen LogP contribution in [0.25, 0.3) is 0 Å². The Morgan fingerprint density at radius 3 is 2.11 bits per heavy atom. The van der Waals surface area contributed by atoms with Gasteiger partial charge in [-0.1, -0.05) is 6.92 Å². The average Bonchev–Trinajstić information content (AvgIpc) is 1.61. The van der Waals surface area contributed by atoms with Gasteiger partial charge in [0.2, 0.25) is 0 Å². The van der Waals surface area contributed by atoms with Crippen LogP contribution in [-0.2, 0) is 4.84 Å². The molecule has 0 aliphatic rings. The van der Waals surface area contributed by atoms with Crippen molar-refractivity contribution in [1.29, 1.82) is 0 Å². The van der Waals surface area contributed by atoms with Gasteiger partial charge in [0.05, 0.1) is 6.61 Å². The molecule has 0 amide bonds. The van der Waals surface area contributed by atoms with Gasteiger partial charge in [-0.05, 0) is 13.5 Å². The van der Waals surface area contributed by atoms with Gasteiger partial charge in [-0.3, -0.25) is 7.05 Å². The molecule has 9 heavy (non-hydrogen) atoms. The quantitative estimate of drug-likeness (QED) is 0.280. The molecule has 0 aromatic rings. The second-order valence-electron chi connectivity index (χ2n) is 1.46. The Labute approximate surface area is 101 Å². The van der Waals surface area contributed by atoms with E-state index in [0.29, 0.717) is 0 Å². The monoisotopic (exact) mass is 156 g/mol. The van der Waals surface area contributed by atoms with Crippen LogP contribution in [0.1, 0.15) is 13.3 Å². The minimum Gasteiger partial charge on any atom is -0.358 e. The molecule has 0 aromatic carbocycles. The number of rotatable bonds is 3. The van der Waals surface area contributed by atoms with Crippen molar-refractivity contribution in [3.05, 3.63) is 14.5 Å². The van der Waals surface area contributed by atoms with Gasteiger partial charge in [0.1, 0.15) is 0 Å². The molecule has 0 N–H and O–H groups in total. The number of hydrogen-bond donors (Lipinski definition) is 0. The van der Waals surface area contributed by atoms with E-state index in [1.807, 2.05) is 0 Å². The zero-order chi connectivity index (χ0) is 5.70. The molecule has 52 valence electrons. The smallest absolute Gasteiger partial charge is 0.358 e. The molecule has 0 atom stereocenters. The van der Waals surface area contributed by atoms with E-state index in [9.17, 15) is 0 Å². The third kappa shape index (κ3) is 17.7. The summed E-state index contributed by atoms with van der Waals surface area (Å²) >= 11 is 0. The molecule has 0 rings (SSSR count). The maximum Gasteiger partial charge on any atom is 1.00 e. The molecule has 0 fully saturated rings. The van der Waals surface area contributed by atoms with Gasteiger partial charge in [-0.25, -0.2) is 0 Å². The average molecular weight is 156 g/mol. The topological polar surface area (TPSA) is 12.5 Å². The summed E-state index contributed by atoms with van der Waals surface area (Å²) in [5, 5.41) is 1.46. The first kappa shape index (κ1) is 16.9. The van der Waals surface area contributed by atoms with E-state index in [0.717, 1.165) is 13.0 Å². The largest absolute Gasteiger partial charge is 1.00 e. The summed E-state index contributed by atoms with van der Waals surface area (Å²) in [5.74, 6) is 0. The molecule has 0 aliphatic heterocycles. The minimum absolute atomic E-state index is 0. The summed E-state index contributed by atoms with van der Waals surface area (Å²) in [7, 11) is 5.26. The Bertz CT molecular complexity index is 42.0. The van der Waals surface area contributed by atoms with Gasteiger partial charge < -0.3 is 17.3 Å². The molecule has 3 heteroatoms. The van der Waals surface area contributed by atoms with Gasteiger partial charge in [0.25, 0.3) is 0 Å². The second kappa shape index (κ2) is 12.3. The molecule has 0 unspecified atom stereocenters. The van der Waals surface area contributed by atoms with Crippen LogP contribution >= 0.6 is 0 Å². The molecule has 0 heterocycles. The Morgan fingerprint density at radius 2 is 2.00 bits per heavy atom. The van der Waals surface area contributed by atoms with Crippen LogP contribution < -0.4 is 51.4 Å². The molecule has 0 saturated heterocycles. The first-order valence-corrected chi connectivity index (χ1v) is 2.44. The van der Waals surface area contributed by atoms with E-state index in [-0.39, 0.29) is 58.8 Å². The fraction of sp³-hybridized carbons (Fsp3) is 0.667. The van der Waals surface area contributed by atoms with E-state index in [1.165, 1.54) is 5.06 Å². The number of hydrogen-bond acceptors (Lipinski definition) is 2. The summed E-state index contributed by atoms with van der Waals surface area (Å²) in [6, 6.07) is 0. The zero-order valence-electron chi connectivity index (χ0n) is 6.98. The van der Waals surface area contributed by atoms with Crippen LogP contribution in [0.5, 0.6) is 0 Å². The standard InChI is InChI=1S/C5H12NO.CH3.K/c1-4-5-7-6(2)3;;/h2,4-5H2,1,3H3;1H3;/q2*-1;+1. The van der Waals surface area contributed by atoms with Crippen molar-refractivity contribution < 1.29 is 56.2 Å². The maximum atomic E-state index is 4.91. The van der Waals surface area contributed by atoms with E-state index in [4.69, 9.17) is 4.84 Å². The third-order valence-corrected chi connectivity index (χ3v) is 0.516. The number of nitrogens with zero attached hydrogens (tertiary/aromatic N) is 1. The number of hydroxylamine groups is 2. The second-order valence-corrected chi connectivity index (χ2v) is 1.46. The molecule has 0 radical (unpaired) electrons. The van der Waals surface area contributed by atoms with Gasteiger partial charge in [0.15, 0.2) is 0 Å². The first-order valence-electron chi connectivity index (χ1n) is 2.44. The molecular weight excluding hydrogens is 141 g/mol. The molecule has 0 aliphatic carbocycles. The normalized spacial score (nSPS) is 8.00. The van der Waals surface area contributed by atoms with Crippen molar-refractivity contribution in [1.82, 2.24) is 5.06 Å².